The summed E-state index contributed by atoms with van der Waals surface area (Å²) >= 11 is 4.16. The minimum atomic E-state index is -4.34. The lowest BCUT2D eigenvalue weighted by Crippen LogP contribution is -2.21. The number of benzene rings is 1. The highest BCUT2D eigenvalue weighted by Gasteiger charge is 2.38. The Labute approximate surface area is 106 Å². The summed E-state index contributed by atoms with van der Waals surface area (Å²) in [6, 6.07) is 1.60. The molecule has 0 unspecified atom stereocenters. The number of thiol groups is 1. The average molecular weight is 262 g/mol. The van der Waals surface area contributed by atoms with Crippen LogP contribution >= 0.6 is 12.6 Å². The van der Waals surface area contributed by atoms with E-state index in [1.807, 2.05) is 0 Å². The third-order valence-corrected chi connectivity index (χ3v) is 3.51. The minimum absolute atomic E-state index is 0.214. The van der Waals surface area contributed by atoms with E-state index in [0.29, 0.717) is 10.5 Å². The van der Waals surface area contributed by atoms with Gasteiger partial charge in [-0.05, 0) is 36.0 Å². The Morgan fingerprint density at radius 1 is 1.06 bits per heavy atom. The van der Waals surface area contributed by atoms with Crippen LogP contribution in [0.15, 0.2) is 11.0 Å². The van der Waals surface area contributed by atoms with Crippen molar-refractivity contribution in [3.8, 4) is 0 Å². The first kappa shape index (κ1) is 14.4. The first-order valence-corrected chi connectivity index (χ1v) is 5.82. The van der Waals surface area contributed by atoms with Crippen LogP contribution in [0.25, 0.3) is 0 Å². The second-order valence-corrected chi connectivity index (χ2v) is 5.78. The van der Waals surface area contributed by atoms with Gasteiger partial charge in [0.25, 0.3) is 0 Å². The van der Waals surface area contributed by atoms with E-state index in [-0.39, 0.29) is 5.56 Å². The van der Waals surface area contributed by atoms with E-state index in [9.17, 15) is 13.2 Å². The number of rotatable bonds is 0. The fraction of sp³-hybridized carbons (Fsp3) is 0.538. The van der Waals surface area contributed by atoms with Crippen LogP contribution in [-0.2, 0) is 11.6 Å². The zero-order valence-electron chi connectivity index (χ0n) is 10.7. The molecule has 1 rings (SSSR count). The van der Waals surface area contributed by atoms with Gasteiger partial charge in [0.15, 0.2) is 0 Å². The first-order chi connectivity index (χ1) is 7.46. The number of hydrogen-bond acceptors (Lipinski definition) is 1. The Bertz CT molecular complexity index is 439. The third-order valence-electron chi connectivity index (χ3n) is 2.83. The number of hydrogen-bond donors (Lipinski definition) is 1. The van der Waals surface area contributed by atoms with Crippen molar-refractivity contribution in [1.29, 1.82) is 0 Å². The Morgan fingerprint density at radius 3 is 1.88 bits per heavy atom. The number of alkyl halides is 3. The second-order valence-electron chi connectivity index (χ2n) is 5.34. The molecule has 0 spiro atoms. The molecule has 0 aliphatic heterocycles. The van der Waals surface area contributed by atoms with Crippen LogP contribution in [0.2, 0.25) is 0 Å². The van der Waals surface area contributed by atoms with Crippen molar-refractivity contribution in [2.75, 3.05) is 0 Å². The van der Waals surface area contributed by atoms with Crippen LogP contribution in [0.3, 0.4) is 0 Å². The van der Waals surface area contributed by atoms with E-state index in [0.717, 1.165) is 5.56 Å². The molecule has 0 aliphatic carbocycles. The normalized spacial score (nSPS) is 13.0. The van der Waals surface area contributed by atoms with Gasteiger partial charge in [0.1, 0.15) is 0 Å². The maximum Gasteiger partial charge on any atom is 0.416 e. The molecule has 4 heteroatoms. The number of halogens is 3. The van der Waals surface area contributed by atoms with E-state index in [4.69, 9.17) is 0 Å². The summed E-state index contributed by atoms with van der Waals surface area (Å²) in [4.78, 5) is 0.422. The zero-order chi connectivity index (χ0) is 13.6. The topological polar surface area (TPSA) is 0 Å². The minimum Gasteiger partial charge on any atom is -0.166 e. The molecule has 0 radical (unpaired) electrons. The van der Waals surface area contributed by atoms with E-state index in [1.54, 1.807) is 33.8 Å². The van der Waals surface area contributed by atoms with E-state index >= 15 is 0 Å². The monoisotopic (exact) mass is 262 g/mol. The van der Waals surface area contributed by atoms with Crippen molar-refractivity contribution in [2.45, 2.75) is 51.1 Å². The van der Waals surface area contributed by atoms with Gasteiger partial charge < -0.3 is 0 Å². The molecule has 17 heavy (non-hydrogen) atoms. The first-order valence-electron chi connectivity index (χ1n) is 5.37. The van der Waals surface area contributed by atoms with Gasteiger partial charge in [-0.2, -0.15) is 13.2 Å². The van der Waals surface area contributed by atoms with Gasteiger partial charge in [-0.15, -0.1) is 12.6 Å². The Morgan fingerprint density at radius 2 is 1.53 bits per heavy atom. The summed E-state index contributed by atoms with van der Waals surface area (Å²) in [5.41, 5.74) is 0.245. The average Bonchev–Trinajstić information content (AvgIpc) is 2.09. The van der Waals surface area contributed by atoms with Crippen LogP contribution in [0.5, 0.6) is 0 Å². The molecule has 0 aliphatic rings. The summed E-state index contributed by atoms with van der Waals surface area (Å²) in [6.45, 7) is 8.62. The molecule has 0 nitrogen and oxygen atoms in total. The lowest BCUT2D eigenvalue weighted by Gasteiger charge is -2.27. The molecular formula is C13H17F3S. The quantitative estimate of drug-likeness (QED) is 0.631. The maximum atomic E-state index is 13.1. The fourth-order valence-corrected chi connectivity index (χ4v) is 2.11. The van der Waals surface area contributed by atoms with Crippen LogP contribution in [0.4, 0.5) is 13.2 Å². The summed E-state index contributed by atoms with van der Waals surface area (Å²) in [7, 11) is 0. The molecule has 0 heterocycles. The summed E-state index contributed by atoms with van der Waals surface area (Å²) < 4.78 is 39.4. The second kappa shape index (κ2) is 4.23. The molecule has 1 aromatic carbocycles. The SMILES string of the molecule is Cc1cc(C(C)(C)C)c(C(F)(F)F)c(C)c1S. The predicted molar refractivity (Wildman–Crippen MR) is 66.9 cm³/mol. The van der Waals surface area contributed by atoms with Crippen LogP contribution < -0.4 is 0 Å². The molecule has 0 saturated carbocycles. The maximum absolute atomic E-state index is 13.1. The standard InChI is InChI=1S/C13H17F3S/c1-7-6-9(12(3,4)5)10(13(14,15)16)8(2)11(7)17/h6,17H,1-5H3. The van der Waals surface area contributed by atoms with Crippen molar-refractivity contribution < 1.29 is 13.2 Å². The van der Waals surface area contributed by atoms with E-state index < -0.39 is 17.2 Å². The molecule has 0 amide bonds. The van der Waals surface area contributed by atoms with Gasteiger partial charge >= 0.3 is 6.18 Å². The third kappa shape index (κ3) is 2.79. The van der Waals surface area contributed by atoms with Crippen molar-refractivity contribution in [2.24, 2.45) is 0 Å². The van der Waals surface area contributed by atoms with Gasteiger partial charge in [0.2, 0.25) is 0 Å². The lowest BCUT2D eigenvalue weighted by molar-refractivity contribution is -0.139. The number of aryl methyl sites for hydroxylation is 1. The zero-order valence-corrected chi connectivity index (χ0v) is 11.6. The highest BCUT2D eigenvalue weighted by Crippen LogP contribution is 2.42. The lowest BCUT2D eigenvalue weighted by atomic mass is 9.81. The molecule has 1 aromatic rings. The summed E-state index contributed by atoms with van der Waals surface area (Å²) in [5, 5.41) is 0. The highest BCUT2D eigenvalue weighted by molar-refractivity contribution is 7.80. The predicted octanol–water partition coefficient (Wildman–Crippen LogP) is 4.91. The largest absolute Gasteiger partial charge is 0.416 e. The van der Waals surface area contributed by atoms with Gasteiger partial charge in [0, 0.05) is 4.90 Å². The van der Waals surface area contributed by atoms with Crippen LogP contribution in [0.1, 0.15) is 43.0 Å². The molecule has 0 saturated heterocycles. The molecular weight excluding hydrogens is 245 g/mol. The van der Waals surface area contributed by atoms with Crippen molar-refractivity contribution >= 4 is 12.6 Å². The molecule has 96 valence electrons. The van der Waals surface area contributed by atoms with Crippen molar-refractivity contribution in [3.63, 3.8) is 0 Å². The van der Waals surface area contributed by atoms with Gasteiger partial charge in [-0.1, -0.05) is 26.8 Å². The highest BCUT2D eigenvalue weighted by atomic mass is 32.1. The Kier molecular flexibility index (Phi) is 3.59. The molecule has 0 bridgehead atoms. The molecule has 0 fully saturated rings. The molecule has 0 N–H and O–H groups in total. The van der Waals surface area contributed by atoms with E-state index in [2.05, 4.69) is 12.6 Å². The van der Waals surface area contributed by atoms with Crippen molar-refractivity contribution in [3.05, 3.63) is 28.3 Å². The van der Waals surface area contributed by atoms with Gasteiger partial charge in [0.05, 0.1) is 5.56 Å². The Balaban J connectivity index is 3.71. The van der Waals surface area contributed by atoms with Crippen LogP contribution in [-0.4, -0.2) is 0 Å². The van der Waals surface area contributed by atoms with Gasteiger partial charge in [-0.3, -0.25) is 0 Å². The van der Waals surface area contributed by atoms with Gasteiger partial charge in [-0.25, -0.2) is 0 Å². The summed E-state index contributed by atoms with van der Waals surface area (Å²) in [6.07, 6.45) is -4.34. The van der Waals surface area contributed by atoms with Crippen molar-refractivity contribution in [1.82, 2.24) is 0 Å². The fourth-order valence-electron chi connectivity index (χ4n) is 1.93. The van der Waals surface area contributed by atoms with E-state index in [1.165, 1.54) is 6.92 Å². The summed E-state index contributed by atoms with van der Waals surface area (Å²) in [5.74, 6) is 0. The smallest absolute Gasteiger partial charge is 0.166 e. The Hall–Kier alpha value is -0.640. The molecule has 0 aromatic heterocycles. The molecule has 0 atom stereocenters. The van der Waals surface area contributed by atoms with Crippen LogP contribution in [0, 0.1) is 13.8 Å².